The Bertz CT molecular complexity index is 271. The minimum Gasteiger partial charge on any atom is -0.383 e. The molecule has 0 aromatic rings. The first-order chi connectivity index (χ1) is 8.51. The van der Waals surface area contributed by atoms with Crippen molar-refractivity contribution in [3.8, 4) is 0 Å². The van der Waals surface area contributed by atoms with Crippen molar-refractivity contribution in [2.75, 3.05) is 20.3 Å². The van der Waals surface area contributed by atoms with E-state index in [-0.39, 0.29) is 23.9 Å². The minimum atomic E-state index is 0.0907. The van der Waals surface area contributed by atoms with Crippen molar-refractivity contribution >= 4 is 5.91 Å². The first kappa shape index (κ1) is 15.4. The van der Waals surface area contributed by atoms with Crippen LogP contribution in [-0.4, -0.2) is 43.2 Å². The summed E-state index contributed by atoms with van der Waals surface area (Å²) in [6, 6.07) is 0.324. The van der Waals surface area contributed by atoms with E-state index in [4.69, 9.17) is 10.5 Å². The highest BCUT2D eigenvalue weighted by molar-refractivity contribution is 5.79. The zero-order chi connectivity index (χ0) is 13.7. The lowest BCUT2D eigenvalue weighted by atomic mass is 9.77. The Morgan fingerprint density at radius 3 is 2.72 bits per heavy atom. The van der Waals surface area contributed by atoms with E-state index in [2.05, 4.69) is 6.92 Å². The first-order valence-corrected chi connectivity index (χ1v) is 7.06. The molecule has 4 unspecified atom stereocenters. The van der Waals surface area contributed by atoms with Gasteiger partial charge in [0.15, 0.2) is 0 Å². The molecule has 1 saturated carbocycles. The number of hydrogen-bond donors (Lipinski definition) is 1. The number of ether oxygens (including phenoxy) is 1. The van der Waals surface area contributed by atoms with Crippen LogP contribution < -0.4 is 5.73 Å². The Morgan fingerprint density at radius 1 is 1.50 bits per heavy atom. The molecule has 0 saturated heterocycles. The fourth-order valence-corrected chi connectivity index (χ4v) is 2.93. The van der Waals surface area contributed by atoms with Gasteiger partial charge < -0.3 is 15.4 Å². The number of nitrogens with two attached hydrogens (primary N) is 1. The predicted molar refractivity (Wildman–Crippen MR) is 73.2 cm³/mol. The van der Waals surface area contributed by atoms with E-state index in [0.717, 1.165) is 25.8 Å². The van der Waals surface area contributed by atoms with Gasteiger partial charge in [-0.25, -0.2) is 0 Å². The quantitative estimate of drug-likeness (QED) is 0.813. The molecule has 0 aliphatic heterocycles. The zero-order valence-electron chi connectivity index (χ0n) is 12.2. The van der Waals surface area contributed by atoms with Gasteiger partial charge in [-0.1, -0.05) is 6.92 Å². The molecule has 0 heterocycles. The van der Waals surface area contributed by atoms with Crippen molar-refractivity contribution in [1.29, 1.82) is 0 Å². The Morgan fingerprint density at radius 2 is 2.17 bits per heavy atom. The first-order valence-electron chi connectivity index (χ1n) is 7.06. The summed E-state index contributed by atoms with van der Waals surface area (Å²) in [7, 11) is 1.67. The van der Waals surface area contributed by atoms with Crippen LogP contribution in [0.15, 0.2) is 0 Å². The fourth-order valence-electron chi connectivity index (χ4n) is 2.93. The van der Waals surface area contributed by atoms with Crippen molar-refractivity contribution in [2.45, 2.75) is 52.1 Å². The Hall–Kier alpha value is -0.610. The van der Waals surface area contributed by atoms with E-state index in [1.54, 1.807) is 7.11 Å². The Kier molecular flexibility index (Phi) is 6.09. The summed E-state index contributed by atoms with van der Waals surface area (Å²) < 4.78 is 5.15. The predicted octanol–water partition coefficient (Wildman–Crippen LogP) is 1.63. The summed E-state index contributed by atoms with van der Waals surface area (Å²) in [4.78, 5) is 14.5. The molecule has 1 fully saturated rings. The lowest BCUT2D eigenvalue weighted by Crippen LogP contribution is -2.48. The molecule has 0 spiro atoms. The molecule has 0 radical (unpaired) electrons. The fraction of sp³-hybridized carbons (Fsp3) is 0.929. The molecule has 2 N–H and O–H groups in total. The summed E-state index contributed by atoms with van der Waals surface area (Å²) in [5.41, 5.74) is 6.01. The van der Waals surface area contributed by atoms with Gasteiger partial charge in [0, 0.05) is 25.6 Å². The lowest BCUT2D eigenvalue weighted by Gasteiger charge is -2.37. The van der Waals surface area contributed by atoms with Gasteiger partial charge in [0.2, 0.25) is 5.91 Å². The third-order valence-electron chi connectivity index (χ3n) is 4.12. The third kappa shape index (κ3) is 3.69. The molecule has 1 amide bonds. The van der Waals surface area contributed by atoms with Gasteiger partial charge in [0.05, 0.1) is 12.6 Å². The van der Waals surface area contributed by atoms with Crippen LogP contribution in [0, 0.1) is 11.8 Å². The second kappa shape index (κ2) is 7.10. The summed E-state index contributed by atoms with van der Waals surface area (Å²) in [5.74, 6) is 0.791. The second-order valence-electron chi connectivity index (χ2n) is 5.59. The van der Waals surface area contributed by atoms with E-state index >= 15 is 0 Å². The van der Waals surface area contributed by atoms with Crippen LogP contribution in [-0.2, 0) is 9.53 Å². The molecule has 1 aliphatic carbocycles. The number of methoxy groups -OCH3 is 1. The van der Waals surface area contributed by atoms with E-state index in [1.165, 1.54) is 0 Å². The maximum atomic E-state index is 12.6. The zero-order valence-corrected chi connectivity index (χ0v) is 12.2. The van der Waals surface area contributed by atoms with E-state index in [0.29, 0.717) is 12.5 Å². The van der Waals surface area contributed by atoms with Crippen molar-refractivity contribution in [3.63, 3.8) is 0 Å². The number of amides is 1. The van der Waals surface area contributed by atoms with Crippen LogP contribution in [0.1, 0.15) is 40.0 Å². The largest absolute Gasteiger partial charge is 0.383 e. The van der Waals surface area contributed by atoms with Crippen LogP contribution in [0.4, 0.5) is 0 Å². The third-order valence-corrected chi connectivity index (χ3v) is 4.12. The van der Waals surface area contributed by atoms with Crippen LogP contribution in [0.3, 0.4) is 0 Å². The number of carbonyl (C=O) groups excluding carboxylic acids is 1. The maximum absolute atomic E-state index is 12.6. The van der Waals surface area contributed by atoms with E-state index < -0.39 is 0 Å². The monoisotopic (exact) mass is 256 g/mol. The highest BCUT2D eigenvalue weighted by atomic mass is 16.5. The van der Waals surface area contributed by atoms with Gasteiger partial charge in [0.25, 0.3) is 0 Å². The number of likely N-dealkylation sites (N-methyl/N-ethyl adjacent to an activating group) is 1. The normalized spacial score (nSPS) is 29.9. The van der Waals surface area contributed by atoms with Crippen LogP contribution in [0.5, 0.6) is 0 Å². The average molecular weight is 256 g/mol. The van der Waals surface area contributed by atoms with Crippen LogP contribution in [0.25, 0.3) is 0 Å². The van der Waals surface area contributed by atoms with Gasteiger partial charge in [-0.2, -0.15) is 0 Å². The minimum absolute atomic E-state index is 0.0907. The number of rotatable bonds is 5. The molecular weight excluding hydrogens is 228 g/mol. The van der Waals surface area contributed by atoms with Crippen LogP contribution >= 0.6 is 0 Å². The second-order valence-corrected chi connectivity index (χ2v) is 5.59. The van der Waals surface area contributed by atoms with Gasteiger partial charge in [-0.05, 0) is 39.0 Å². The highest BCUT2D eigenvalue weighted by Crippen LogP contribution is 2.31. The molecular formula is C14H28N2O2. The molecule has 1 aliphatic rings. The Balaban J connectivity index is 2.69. The standard InChI is InChI=1S/C14H28N2O2/c1-5-16(11(3)9-18-4)14(17)13-8-12(15)7-6-10(13)2/h10-13H,5-9,15H2,1-4H3. The molecule has 0 bridgehead atoms. The number of carbonyl (C=O) groups is 1. The number of nitrogens with zero attached hydrogens (tertiary/aromatic N) is 1. The molecule has 1 rings (SSSR count). The average Bonchev–Trinajstić information content (AvgIpc) is 2.33. The van der Waals surface area contributed by atoms with Crippen molar-refractivity contribution in [3.05, 3.63) is 0 Å². The van der Waals surface area contributed by atoms with Gasteiger partial charge in [0.1, 0.15) is 0 Å². The van der Waals surface area contributed by atoms with E-state index in [1.807, 2.05) is 18.7 Å². The Labute approximate surface area is 111 Å². The van der Waals surface area contributed by atoms with Crippen LogP contribution in [0.2, 0.25) is 0 Å². The van der Waals surface area contributed by atoms with Crippen molar-refractivity contribution in [1.82, 2.24) is 4.90 Å². The highest BCUT2D eigenvalue weighted by Gasteiger charge is 2.34. The van der Waals surface area contributed by atoms with Gasteiger partial charge >= 0.3 is 0 Å². The SMILES string of the molecule is CCN(C(=O)C1CC(N)CCC1C)C(C)COC. The van der Waals surface area contributed by atoms with Crippen molar-refractivity contribution in [2.24, 2.45) is 17.6 Å². The smallest absolute Gasteiger partial charge is 0.226 e. The van der Waals surface area contributed by atoms with Gasteiger partial charge in [-0.3, -0.25) is 4.79 Å². The van der Waals surface area contributed by atoms with Crippen molar-refractivity contribution < 1.29 is 9.53 Å². The molecule has 4 nitrogen and oxygen atoms in total. The molecule has 0 aromatic carbocycles. The molecule has 0 aromatic heterocycles. The van der Waals surface area contributed by atoms with Gasteiger partial charge in [-0.15, -0.1) is 0 Å². The topological polar surface area (TPSA) is 55.6 Å². The summed E-state index contributed by atoms with van der Waals surface area (Å²) >= 11 is 0. The number of hydrogen-bond acceptors (Lipinski definition) is 3. The summed E-state index contributed by atoms with van der Waals surface area (Å²) in [5, 5.41) is 0. The molecule has 18 heavy (non-hydrogen) atoms. The maximum Gasteiger partial charge on any atom is 0.226 e. The molecule has 4 atom stereocenters. The summed E-state index contributed by atoms with van der Waals surface area (Å²) in [6.45, 7) is 7.56. The lowest BCUT2D eigenvalue weighted by molar-refractivity contribution is -0.141. The summed E-state index contributed by atoms with van der Waals surface area (Å²) in [6.07, 6.45) is 2.94. The van der Waals surface area contributed by atoms with E-state index in [9.17, 15) is 4.79 Å². The molecule has 4 heteroatoms. The molecule has 106 valence electrons.